The zero-order chi connectivity index (χ0) is 14.5. The number of hydrogen-bond donors (Lipinski definition) is 1. The minimum Gasteiger partial charge on any atom is -0.346 e. The maximum absolute atomic E-state index is 12.7. The summed E-state index contributed by atoms with van der Waals surface area (Å²) in [5.74, 6) is 0.613. The normalized spacial score (nSPS) is 29.8. The number of fused-ring (bicyclic) bond motifs is 2. The van der Waals surface area contributed by atoms with Gasteiger partial charge in [0.2, 0.25) is 0 Å². The lowest BCUT2D eigenvalue weighted by atomic mass is 9.98. The maximum atomic E-state index is 12.7. The standard InChI is InChI=1S/C15H24N4O/c1-15(2,3)18-7-6-17-13(14(18)20)19-11-4-5-12(19)9-10(16)8-11/h6-7,10-12H,4-5,8-9,16H2,1-3H3. The Morgan fingerprint density at radius 3 is 2.40 bits per heavy atom. The van der Waals surface area contributed by atoms with Gasteiger partial charge in [0.1, 0.15) is 0 Å². The molecule has 0 aromatic carbocycles. The molecule has 3 heterocycles. The van der Waals surface area contributed by atoms with Gasteiger partial charge in [-0.1, -0.05) is 0 Å². The van der Waals surface area contributed by atoms with Gasteiger partial charge in [-0.15, -0.1) is 0 Å². The van der Waals surface area contributed by atoms with Gasteiger partial charge in [0.25, 0.3) is 5.56 Å². The van der Waals surface area contributed by atoms with Crippen molar-refractivity contribution >= 4 is 5.82 Å². The highest BCUT2D eigenvalue weighted by atomic mass is 16.1. The molecular weight excluding hydrogens is 252 g/mol. The Bertz CT molecular complexity index is 546. The minimum absolute atomic E-state index is 0.0207. The van der Waals surface area contributed by atoms with Gasteiger partial charge in [-0.3, -0.25) is 4.79 Å². The quantitative estimate of drug-likeness (QED) is 0.843. The summed E-state index contributed by atoms with van der Waals surface area (Å²) in [5.41, 5.74) is 5.90. The van der Waals surface area contributed by atoms with Crippen LogP contribution >= 0.6 is 0 Å². The van der Waals surface area contributed by atoms with E-state index in [0.717, 1.165) is 25.7 Å². The molecule has 2 fully saturated rings. The summed E-state index contributed by atoms with van der Waals surface area (Å²) in [4.78, 5) is 19.4. The predicted octanol–water partition coefficient (Wildman–Crippen LogP) is 1.46. The van der Waals surface area contributed by atoms with Crippen LogP contribution in [-0.2, 0) is 5.54 Å². The highest BCUT2D eigenvalue weighted by Gasteiger charge is 2.41. The van der Waals surface area contributed by atoms with Crippen LogP contribution in [0, 0.1) is 0 Å². The second-order valence-corrected chi connectivity index (χ2v) is 7.12. The first kappa shape index (κ1) is 13.6. The topological polar surface area (TPSA) is 64.2 Å². The monoisotopic (exact) mass is 276 g/mol. The third-order valence-corrected chi connectivity index (χ3v) is 4.56. The van der Waals surface area contributed by atoms with Crippen LogP contribution in [-0.4, -0.2) is 27.7 Å². The molecule has 0 spiro atoms. The molecule has 2 saturated heterocycles. The van der Waals surface area contributed by atoms with Crippen LogP contribution in [0.2, 0.25) is 0 Å². The largest absolute Gasteiger partial charge is 0.346 e. The van der Waals surface area contributed by atoms with Crippen molar-refractivity contribution in [3.8, 4) is 0 Å². The smallest absolute Gasteiger partial charge is 0.294 e. The average Bonchev–Trinajstić information content (AvgIpc) is 2.61. The van der Waals surface area contributed by atoms with E-state index in [1.165, 1.54) is 0 Å². The summed E-state index contributed by atoms with van der Waals surface area (Å²) >= 11 is 0. The first-order chi connectivity index (χ1) is 9.38. The van der Waals surface area contributed by atoms with Gasteiger partial charge in [-0.2, -0.15) is 0 Å². The Balaban J connectivity index is 2.02. The second-order valence-electron chi connectivity index (χ2n) is 7.12. The van der Waals surface area contributed by atoms with Crippen molar-refractivity contribution in [2.24, 2.45) is 5.73 Å². The molecule has 5 heteroatoms. The Labute approximate surface area is 119 Å². The van der Waals surface area contributed by atoms with E-state index in [2.05, 4.69) is 9.88 Å². The lowest BCUT2D eigenvalue weighted by Crippen LogP contribution is -2.50. The molecule has 1 aromatic heterocycles. The molecule has 20 heavy (non-hydrogen) atoms. The van der Waals surface area contributed by atoms with E-state index in [-0.39, 0.29) is 17.1 Å². The molecule has 2 bridgehead atoms. The molecule has 0 aliphatic carbocycles. The van der Waals surface area contributed by atoms with E-state index < -0.39 is 0 Å². The summed E-state index contributed by atoms with van der Waals surface area (Å²) in [5, 5.41) is 0. The van der Waals surface area contributed by atoms with Crippen LogP contribution in [0.25, 0.3) is 0 Å². The number of piperidine rings is 1. The number of anilines is 1. The maximum Gasteiger partial charge on any atom is 0.294 e. The first-order valence-corrected chi connectivity index (χ1v) is 7.50. The molecular formula is C15H24N4O. The van der Waals surface area contributed by atoms with E-state index >= 15 is 0 Å². The molecule has 5 nitrogen and oxygen atoms in total. The summed E-state index contributed by atoms with van der Waals surface area (Å²) in [7, 11) is 0. The van der Waals surface area contributed by atoms with Gasteiger partial charge < -0.3 is 15.2 Å². The van der Waals surface area contributed by atoms with E-state index in [9.17, 15) is 4.79 Å². The molecule has 0 radical (unpaired) electrons. The van der Waals surface area contributed by atoms with Crippen molar-refractivity contribution in [1.29, 1.82) is 0 Å². The van der Waals surface area contributed by atoms with Crippen LogP contribution in [0.4, 0.5) is 5.82 Å². The molecule has 0 amide bonds. The highest BCUT2D eigenvalue weighted by Crippen LogP contribution is 2.36. The van der Waals surface area contributed by atoms with Gasteiger partial charge >= 0.3 is 0 Å². The number of hydrogen-bond acceptors (Lipinski definition) is 4. The van der Waals surface area contributed by atoms with Crippen LogP contribution in [0.3, 0.4) is 0 Å². The Morgan fingerprint density at radius 2 is 1.85 bits per heavy atom. The van der Waals surface area contributed by atoms with Crippen molar-refractivity contribution < 1.29 is 0 Å². The molecule has 2 unspecified atom stereocenters. The lowest BCUT2D eigenvalue weighted by Gasteiger charge is -2.38. The summed E-state index contributed by atoms with van der Waals surface area (Å²) in [6, 6.07) is 1.05. The molecule has 2 aliphatic heterocycles. The first-order valence-electron chi connectivity index (χ1n) is 7.50. The number of aromatic nitrogens is 2. The highest BCUT2D eigenvalue weighted by molar-refractivity contribution is 5.42. The number of nitrogens with two attached hydrogens (primary N) is 1. The van der Waals surface area contributed by atoms with Crippen LogP contribution < -0.4 is 16.2 Å². The average molecular weight is 276 g/mol. The number of rotatable bonds is 1. The van der Waals surface area contributed by atoms with E-state index in [1.807, 2.05) is 20.8 Å². The molecule has 2 N–H and O–H groups in total. The van der Waals surface area contributed by atoms with Crippen molar-refractivity contribution in [3.05, 3.63) is 22.7 Å². The fourth-order valence-corrected chi connectivity index (χ4v) is 3.67. The third-order valence-electron chi connectivity index (χ3n) is 4.56. The Morgan fingerprint density at radius 1 is 1.25 bits per heavy atom. The Kier molecular flexibility index (Phi) is 3.12. The van der Waals surface area contributed by atoms with Crippen LogP contribution in [0.1, 0.15) is 46.5 Å². The summed E-state index contributed by atoms with van der Waals surface area (Å²) < 4.78 is 1.78. The molecule has 3 rings (SSSR count). The van der Waals surface area contributed by atoms with Gasteiger partial charge in [-0.25, -0.2) is 4.98 Å². The molecule has 0 saturated carbocycles. The van der Waals surface area contributed by atoms with Crippen molar-refractivity contribution in [1.82, 2.24) is 9.55 Å². The second kappa shape index (κ2) is 4.58. The molecule has 2 atom stereocenters. The van der Waals surface area contributed by atoms with Crippen LogP contribution in [0.5, 0.6) is 0 Å². The lowest BCUT2D eigenvalue weighted by molar-refractivity contribution is 0.375. The van der Waals surface area contributed by atoms with Gasteiger partial charge in [0, 0.05) is 36.1 Å². The molecule has 1 aromatic rings. The summed E-state index contributed by atoms with van der Waals surface area (Å²) in [6.45, 7) is 6.12. The fourth-order valence-electron chi connectivity index (χ4n) is 3.67. The van der Waals surface area contributed by atoms with Gasteiger partial charge in [-0.05, 0) is 46.5 Å². The zero-order valence-corrected chi connectivity index (χ0v) is 12.5. The fraction of sp³-hybridized carbons (Fsp3) is 0.733. The van der Waals surface area contributed by atoms with Gasteiger partial charge in [0.15, 0.2) is 5.82 Å². The van der Waals surface area contributed by atoms with E-state index in [1.54, 1.807) is 17.0 Å². The van der Waals surface area contributed by atoms with Crippen molar-refractivity contribution in [2.75, 3.05) is 4.90 Å². The van der Waals surface area contributed by atoms with Crippen molar-refractivity contribution in [3.63, 3.8) is 0 Å². The summed E-state index contributed by atoms with van der Waals surface area (Å²) in [6.07, 6.45) is 7.73. The molecule has 110 valence electrons. The predicted molar refractivity (Wildman–Crippen MR) is 80.0 cm³/mol. The number of nitrogens with zero attached hydrogens (tertiary/aromatic N) is 3. The van der Waals surface area contributed by atoms with Crippen LogP contribution in [0.15, 0.2) is 17.2 Å². The third kappa shape index (κ3) is 2.14. The van der Waals surface area contributed by atoms with Gasteiger partial charge in [0.05, 0.1) is 0 Å². The van der Waals surface area contributed by atoms with E-state index in [4.69, 9.17) is 5.73 Å². The Hall–Kier alpha value is -1.36. The minimum atomic E-state index is -0.222. The van der Waals surface area contributed by atoms with Crippen molar-refractivity contribution in [2.45, 2.75) is 70.1 Å². The van der Waals surface area contributed by atoms with E-state index in [0.29, 0.717) is 17.9 Å². The zero-order valence-electron chi connectivity index (χ0n) is 12.5. The molecule has 2 aliphatic rings. The SMILES string of the molecule is CC(C)(C)n1ccnc(N2C3CCC2CC(N)C3)c1=O.